The molecule has 2 amide bonds. The first-order chi connectivity index (χ1) is 19.0. The van der Waals surface area contributed by atoms with E-state index in [4.69, 9.17) is 18.9 Å². The number of aromatic nitrogens is 1. The first-order valence-electron chi connectivity index (χ1n) is 12.4. The summed E-state index contributed by atoms with van der Waals surface area (Å²) in [6.45, 7) is 0.183. The average molecular weight is 523 g/mol. The summed E-state index contributed by atoms with van der Waals surface area (Å²) < 4.78 is 22.2. The van der Waals surface area contributed by atoms with Gasteiger partial charge in [-0.05, 0) is 53.1 Å². The highest BCUT2D eigenvalue weighted by atomic mass is 16.5. The van der Waals surface area contributed by atoms with E-state index in [0.717, 1.165) is 33.0 Å². The van der Waals surface area contributed by atoms with Crippen LogP contribution in [-0.2, 0) is 6.54 Å². The normalized spacial score (nSPS) is 12.8. The number of benzene rings is 4. The predicted molar refractivity (Wildman–Crippen MR) is 148 cm³/mol. The van der Waals surface area contributed by atoms with Crippen LogP contribution < -0.4 is 18.9 Å². The van der Waals surface area contributed by atoms with Gasteiger partial charge in [0.2, 0.25) is 5.75 Å². The van der Waals surface area contributed by atoms with E-state index in [0.29, 0.717) is 39.6 Å². The molecule has 1 N–H and O–H groups in total. The van der Waals surface area contributed by atoms with E-state index in [1.165, 1.54) is 4.90 Å². The van der Waals surface area contributed by atoms with E-state index >= 15 is 0 Å². The molecule has 0 aliphatic carbocycles. The molecule has 0 saturated heterocycles. The number of imide groups is 1. The molecule has 0 fully saturated rings. The van der Waals surface area contributed by atoms with E-state index in [1.807, 2.05) is 60.7 Å². The summed E-state index contributed by atoms with van der Waals surface area (Å²) in [6.07, 6.45) is 0. The van der Waals surface area contributed by atoms with Crippen molar-refractivity contribution in [1.29, 1.82) is 0 Å². The Bertz CT molecular complexity index is 1750. The summed E-state index contributed by atoms with van der Waals surface area (Å²) in [5.41, 5.74) is 4.45. The van der Waals surface area contributed by atoms with Crippen LogP contribution in [0.5, 0.6) is 23.0 Å². The first-order valence-corrected chi connectivity index (χ1v) is 12.4. The summed E-state index contributed by atoms with van der Waals surface area (Å²) in [7, 11) is 6.27. The highest BCUT2D eigenvalue weighted by molar-refractivity contribution is 6.30. The zero-order valence-electron chi connectivity index (χ0n) is 22.0. The molecule has 8 heteroatoms. The summed E-state index contributed by atoms with van der Waals surface area (Å²) in [5.74, 6) is 1.41. The Hall–Kier alpha value is -4.98. The van der Waals surface area contributed by atoms with Crippen molar-refractivity contribution >= 4 is 33.6 Å². The van der Waals surface area contributed by atoms with Gasteiger partial charge in [-0.25, -0.2) is 0 Å². The third-order valence-corrected chi connectivity index (χ3v) is 7.18. The molecule has 39 heavy (non-hydrogen) atoms. The van der Waals surface area contributed by atoms with Gasteiger partial charge in [0.05, 0.1) is 51.6 Å². The van der Waals surface area contributed by atoms with Crippen LogP contribution in [0.25, 0.3) is 32.9 Å². The van der Waals surface area contributed by atoms with Crippen molar-refractivity contribution in [2.45, 2.75) is 6.54 Å². The number of carbonyl (C=O) groups excluding carboxylic acids is 2. The number of methoxy groups -OCH3 is 4. The monoisotopic (exact) mass is 522 g/mol. The van der Waals surface area contributed by atoms with Crippen LogP contribution in [-0.4, -0.2) is 50.1 Å². The molecular weight excluding hydrogens is 496 g/mol. The minimum Gasteiger partial charge on any atom is -0.497 e. The topological polar surface area (TPSA) is 90.1 Å². The first kappa shape index (κ1) is 24.4. The van der Waals surface area contributed by atoms with Crippen LogP contribution in [0, 0.1) is 0 Å². The number of hydrogen-bond donors (Lipinski definition) is 1. The van der Waals surface area contributed by atoms with Crippen molar-refractivity contribution in [3.8, 4) is 34.1 Å². The lowest BCUT2D eigenvalue weighted by molar-refractivity contribution is 0.0643. The minimum atomic E-state index is -0.342. The van der Waals surface area contributed by atoms with Gasteiger partial charge in [0, 0.05) is 16.3 Å². The van der Waals surface area contributed by atoms with Crippen LogP contribution in [0.2, 0.25) is 0 Å². The predicted octanol–water partition coefficient (Wildman–Crippen LogP) is 5.82. The number of rotatable bonds is 7. The summed E-state index contributed by atoms with van der Waals surface area (Å²) >= 11 is 0. The Kier molecular flexibility index (Phi) is 5.87. The Morgan fingerprint density at radius 2 is 1.46 bits per heavy atom. The molecule has 2 heterocycles. The van der Waals surface area contributed by atoms with Gasteiger partial charge in [-0.1, -0.05) is 30.3 Å². The molecule has 196 valence electrons. The van der Waals surface area contributed by atoms with Crippen molar-refractivity contribution in [2.24, 2.45) is 0 Å². The molecule has 0 atom stereocenters. The molecule has 1 aliphatic heterocycles. The second-order valence-corrected chi connectivity index (χ2v) is 9.23. The van der Waals surface area contributed by atoms with Crippen molar-refractivity contribution in [3.63, 3.8) is 0 Å². The van der Waals surface area contributed by atoms with Crippen LogP contribution >= 0.6 is 0 Å². The van der Waals surface area contributed by atoms with Crippen LogP contribution in [0.15, 0.2) is 66.7 Å². The summed E-state index contributed by atoms with van der Waals surface area (Å²) in [6, 6.07) is 20.6. The number of nitrogens with one attached hydrogen (secondary N) is 1. The Morgan fingerprint density at radius 1 is 0.744 bits per heavy atom. The molecule has 1 aliphatic rings. The molecule has 5 aromatic rings. The Morgan fingerprint density at radius 3 is 2.10 bits per heavy atom. The van der Waals surface area contributed by atoms with Crippen molar-refractivity contribution in [1.82, 2.24) is 9.88 Å². The van der Waals surface area contributed by atoms with Crippen LogP contribution in [0.1, 0.15) is 26.3 Å². The Balaban J connectivity index is 1.65. The number of amides is 2. The number of carbonyl (C=O) groups is 2. The Labute approximate surface area is 224 Å². The maximum absolute atomic E-state index is 13.8. The van der Waals surface area contributed by atoms with Gasteiger partial charge < -0.3 is 23.9 Å². The number of fused-ring (bicyclic) bond motifs is 5. The SMILES string of the molecule is COc1ccc2[nH]c3c4c(cc(-c5cc(OC)c(OC)c(OC)c5)c3c2c1)C(=O)N(Cc1ccccc1)C4=O. The van der Waals surface area contributed by atoms with Gasteiger partial charge in [-0.3, -0.25) is 14.5 Å². The number of ether oxygens (including phenoxy) is 4. The van der Waals surface area contributed by atoms with Gasteiger partial charge in [0.25, 0.3) is 11.8 Å². The fourth-order valence-electron chi connectivity index (χ4n) is 5.33. The number of nitrogens with zero attached hydrogens (tertiary/aromatic N) is 1. The van der Waals surface area contributed by atoms with E-state index in [-0.39, 0.29) is 18.4 Å². The average Bonchev–Trinajstić information content (AvgIpc) is 3.46. The molecule has 6 rings (SSSR count). The maximum Gasteiger partial charge on any atom is 0.264 e. The maximum atomic E-state index is 13.8. The third kappa shape index (κ3) is 3.75. The lowest BCUT2D eigenvalue weighted by atomic mass is 9.93. The van der Waals surface area contributed by atoms with Crippen LogP contribution in [0.4, 0.5) is 0 Å². The number of aromatic amines is 1. The van der Waals surface area contributed by atoms with Gasteiger partial charge in [-0.2, -0.15) is 0 Å². The molecule has 0 radical (unpaired) electrons. The summed E-state index contributed by atoms with van der Waals surface area (Å²) in [5, 5.41) is 1.65. The van der Waals surface area contributed by atoms with Gasteiger partial charge in [-0.15, -0.1) is 0 Å². The number of hydrogen-bond acceptors (Lipinski definition) is 6. The van der Waals surface area contributed by atoms with Crippen LogP contribution in [0.3, 0.4) is 0 Å². The number of H-pyrrole nitrogens is 1. The molecular formula is C31H26N2O6. The van der Waals surface area contributed by atoms with Gasteiger partial charge in [0.1, 0.15) is 5.75 Å². The quantitative estimate of drug-likeness (QED) is 0.271. The van der Waals surface area contributed by atoms with Crippen molar-refractivity contribution in [3.05, 3.63) is 83.4 Å². The smallest absolute Gasteiger partial charge is 0.264 e. The van der Waals surface area contributed by atoms with Gasteiger partial charge >= 0.3 is 0 Å². The van der Waals surface area contributed by atoms with E-state index < -0.39 is 0 Å². The molecule has 0 bridgehead atoms. The van der Waals surface area contributed by atoms with E-state index in [1.54, 1.807) is 34.5 Å². The van der Waals surface area contributed by atoms with Crippen molar-refractivity contribution in [2.75, 3.05) is 28.4 Å². The van der Waals surface area contributed by atoms with E-state index in [2.05, 4.69) is 4.98 Å². The zero-order chi connectivity index (χ0) is 27.3. The zero-order valence-corrected chi connectivity index (χ0v) is 22.0. The molecule has 0 saturated carbocycles. The van der Waals surface area contributed by atoms with Gasteiger partial charge in [0.15, 0.2) is 11.5 Å². The minimum absolute atomic E-state index is 0.183. The molecule has 8 nitrogen and oxygen atoms in total. The molecule has 4 aromatic carbocycles. The standard InChI is InChI=1S/C31H26N2O6/c1-36-19-10-11-23-21(14-19)26-20(18-12-24(37-2)29(39-4)25(13-18)38-3)15-22-27(28(26)32-23)31(35)33(30(22)34)16-17-8-6-5-7-9-17/h5-15,32H,16H2,1-4H3. The van der Waals surface area contributed by atoms with Crippen molar-refractivity contribution < 1.29 is 28.5 Å². The largest absolute Gasteiger partial charge is 0.497 e. The summed E-state index contributed by atoms with van der Waals surface area (Å²) in [4.78, 5) is 32.2. The highest BCUT2D eigenvalue weighted by Crippen LogP contribution is 2.46. The fourth-order valence-corrected chi connectivity index (χ4v) is 5.33. The third-order valence-electron chi connectivity index (χ3n) is 7.18. The molecule has 1 aromatic heterocycles. The van der Waals surface area contributed by atoms with E-state index in [9.17, 15) is 9.59 Å². The lowest BCUT2D eigenvalue weighted by Gasteiger charge is -2.15. The second-order valence-electron chi connectivity index (χ2n) is 9.23. The second kappa shape index (κ2) is 9.40. The molecule has 0 unspecified atom stereocenters. The fraction of sp³-hybridized carbons (Fsp3) is 0.161. The highest BCUT2D eigenvalue weighted by Gasteiger charge is 2.39. The molecule has 0 spiro atoms. The lowest BCUT2D eigenvalue weighted by Crippen LogP contribution is -2.29.